The second-order valence-electron chi connectivity index (χ2n) is 4.32. The highest BCUT2D eigenvalue weighted by atomic mass is 79.9. The van der Waals surface area contributed by atoms with Gasteiger partial charge in [0.2, 0.25) is 0 Å². The Balaban J connectivity index is 3.14. The van der Waals surface area contributed by atoms with Crippen molar-refractivity contribution < 1.29 is 9.90 Å². The summed E-state index contributed by atoms with van der Waals surface area (Å²) < 4.78 is 0.755. The van der Waals surface area contributed by atoms with Crippen LogP contribution in [0.4, 0.5) is 5.69 Å². The Morgan fingerprint density at radius 1 is 1.53 bits per heavy atom. The Kier molecular flexibility index (Phi) is 5.00. The zero-order valence-corrected chi connectivity index (χ0v) is 11.7. The first kappa shape index (κ1) is 14.0. The minimum Gasteiger partial charge on any atom is -0.481 e. The molecule has 0 aliphatic rings. The maximum absolute atomic E-state index is 11.4. The lowest BCUT2D eigenvalue weighted by atomic mass is 9.84. The molecule has 0 aliphatic carbocycles. The van der Waals surface area contributed by atoms with Crippen molar-refractivity contribution in [3.63, 3.8) is 0 Å². The number of anilines is 1. The number of aliphatic carboxylic acids is 1. The van der Waals surface area contributed by atoms with E-state index in [1.165, 1.54) is 0 Å². The number of halogens is 1. The first-order valence-electron chi connectivity index (χ1n) is 5.75. The molecular weight excluding hydrogens is 282 g/mol. The molecule has 2 unspecified atom stereocenters. The molecule has 1 aromatic rings. The van der Waals surface area contributed by atoms with E-state index in [0.717, 1.165) is 17.3 Å². The molecule has 0 amide bonds. The summed E-state index contributed by atoms with van der Waals surface area (Å²) in [6.45, 7) is 4.02. The first-order chi connectivity index (χ1) is 7.99. The lowest BCUT2D eigenvalue weighted by Crippen LogP contribution is -2.20. The van der Waals surface area contributed by atoms with Crippen molar-refractivity contribution in [2.45, 2.75) is 32.6 Å². The highest BCUT2D eigenvalue weighted by Crippen LogP contribution is 2.35. The van der Waals surface area contributed by atoms with Crippen molar-refractivity contribution in [3.05, 3.63) is 28.2 Å². The zero-order chi connectivity index (χ0) is 13.0. The van der Waals surface area contributed by atoms with Crippen molar-refractivity contribution in [2.75, 3.05) is 5.73 Å². The van der Waals surface area contributed by atoms with Crippen molar-refractivity contribution >= 4 is 27.6 Å². The molecule has 2 atom stereocenters. The highest BCUT2D eigenvalue weighted by molar-refractivity contribution is 9.10. The van der Waals surface area contributed by atoms with Crippen LogP contribution in [0.2, 0.25) is 0 Å². The third-order valence-electron chi connectivity index (χ3n) is 3.00. The van der Waals surface area contributed by atoms with Crippen LogP contribution in [0.15, 0.2) is 22.7 Å². The Hall–Kier alpha value is -1.03. The van der Waals surface area contributed by atoms with Crippen LogP contribution < -0.4 is 5.73 Å². The van der Waals surface area contributed by atoms with Gasteiger partial charge < -0.3 is 10.8 Å². The van der Waals surface area contributed by atoms with Crippen LogP contribution in [0.1, 0.15) is 38.2 Å². The van der Waals surface area contributed by atoms with Gasteiger partial charge >= 0.3 is 5.97 Å². The van der Waals surface area contributed by atoms with E-state index in [-0.39, 0.29) is 5.92 Å². The highest BCUT2D eigenvalue weighted by Gasteiger charge is 2.28. The number of carboxylic acid groups (broad SMARTS) is 1. The average molecular weight is 300 g/mol. The predicted molar refractivity (Wildman–Crippen MR) is 73.0 cm³/mol. The molecule has 0 aromatic heterocycles. The predicted octanol–water partition coefficient (Wildman–Crippen LogP) is 3.64. The maximum Gasteiger partial charge on any atom is 0.311 e. The quantitative estimate of drug-likeness (QED) is 0.816. The van der Waals surface area contributed by atoms with E-state index >= 15 is 0 Å². The summed E-state index contributed by atoms with van der Waals surface area (Å²) in [5, 5.41) is 9.37. The van der Waals surface area contributed by atoms with Gasteiger partial charge in [0.25, 0.3) is 0 Å². The minimum atomic E-state index is -0.809. The molecule has 3 nitrogen and oxygen atoms in total. The minimum absolute atomic E-state index is 0.0779. The summed E-state index contributed by atoms with van der Waals surface area (Å²) in [6.07, 6.45) is 1.85. The summed E-state index contributed by atoms with van der Waals surface area (Å²) in [5.74, 6) is -1.27. The standard InChI is InChI=1S/C13H18BrNO2/c1-3-5-8(2)11(13(16)17)9-6-4-7-10(14)12(9)15/h4,6-8,11H,3,5,15H2,1-2H3,(H,16,17). The third kappa shape index (κ3) is 3.22. The molecule has 0 saturated heterocycles. The smallest absolute Gasteiger partial charge is 0.311 e. The number of carbonyl (C=O) groups is 1. The summed E-state index contributed by atoms with van der Waals surface area (Å²) in [4.78, 5) is 11.4. The number of rotatable bonds is 5. The summed E-state index contributed by atoms with van der Waals surface area (Å²) in [6, 6.07) is 5.44. The van der Waals surface area contributed by atoms with Gasteiger partial charge in [-0.25, -0.2) is 0 Å². The Bertz CT molecular complexity index is 406. The van der Waals surface area contributed by atoms with Gasteiger partial charge in [0.1, 0.15) is 0 Å². The molecule has 0 aliphatic heterocycles. The van der Waals surface area contributed by atoms with Crippen molar-refractivity contribution in [3.8, 4) is 0 Å². The van der Waals surface area contributed by atoms with E-state index in [0.29, 0.717) is 11.3 Å². The second-order valence-corrected chi connectivity index (χ2v) is 5.18. The van der Waals surface area contributed by atoms with Gasteiger partial charge in [0.05, 0.1) is 5.92 Å². The average Bonchev–Trinajstić information content (AvgIpc) is 2.24. The Morgan fingerprint density at radius 2 is 2.18 bits per heavy atom. The summed E-state index contributed by atoms with van der Waals surface area (Å²) in [5.41, 5.74) is 7.18. The van der Waals surface area contributed by atoms with Crippen LogP contribution in [-0.2, 0) is 4.79 Å². The third-order valence-corrected chi connectivity index (χ3v) is 3.69. The fourth-order valence-electron chi connectivity index (χ4n) is 2.13. The zero-order valence-electron chi connectivity index (χ0n) is 10.1. The molecule has 0 spiro atoms. The van der Waals surface area contributed by atoms with Gasteiger partial charge in [-0.2, -0.15) is 0 Å². The number of nitrogens with two attached hydrogens (primary N) is 1. The van der Waals surface area contributed by atoms with E-state index in [2.05, 4.69) is 22.9 Å². The fraction of sp³-hybridized carbons (Fsp3) is 0.462. The number of para-hydroxylation sites is 1. The van der Waals surface area contributed by atoms with E-state index < -0.39 is 11.9 Å². The molecule has 94 valence electrons. The molecule has 1 rings (SSSR count). The maximum atomic E-state index is 11.4. The lowest BCUT2D eigenvalue weighted by Gasteiger charge is -2.22. The summed E-state index contributed by atoms with van der Waals surface area (Å²) in [7, 11) is 0. The van der Waals surface area contributed by atoms with Crippen LogP contribution >= 0.6 is 15.9 Å². The van der Waals surface area contributed by atoms with Gasteiger partial charge in [0, 0.05) is 10.2 Å². The molecule has 0 bridgehead atoms. The van der Waals surface area contributed by atoms with E-state index in [4.69, 9.17) is 5.73 Å². The SMILES string of the molecule is CCCC(C)C(C(=O)O)c1cccc(Br)c1N. The lowest BCUT2D eigenvalue weighted by molar-refractivity contribution is -0.140. The van der Waals surface area contributed by atoms with Crippen LogP contribution in [0, 0.1) is 5.92 Å². The van der Waals surface area contributed by atoms with Crippen molar-refractivity contribution in [1.82, 2.24) is 0 Å². The topological polar surface area (TPSA) is 63.3 Å². The van der Waals surface area contributed by atoms with Gasteiger partial charge in [-0.15, -0.1) is 0 Å². The molecular formula is C13H18BrNO2. The molecule has 0 radical (unpaired) electrons. The number of nitrogen functional groups attached to an aromatic ring is 1. The summed E-state index contributed by atoms with van der Waals surface area (Å²) >= 11 is 3.33. The monoisotopic (exact) mass is 299 g/mol. The number of hydrogen-bond donors (Lipinski definition) is 2. The first-order valence-corrected chi connectivity index (χ1v) is 6.55. The Labute approximate surface area is 110 Å². The van der Waals surface area contributed by atoms with Gasteiger partial charge in [-0.1, -0.05) is 32.4 Å². The Morgan fingerprint density at radius 3 is 2.71 bits per heavy atom. The number of hydrogen-bond acceptors (Lipinski definition) is 2. The molecule has 1 aromatic carbocycles. The van der Waals surface area contributed by atoms with Gasteiger partial charge in [0.15, 0.2) is 0 Å². The molecule has 17 heavy (non-hydrogen) atoms. The largest absolute Gasteiger partial charge is 0.481 e. The van der Waals surface area contributed by atoms with Crippen LogP contribution in [-0.4, -0.2) is 11.1 Å². The van der Waals surface area contributed by atoms with E-state index in [9.17, 15) is 9.90 Å². The van der Waals surface area contributed by atoms with Crippen LogP contribution in [0.3, 0.4) is 0 Å². The van der Waals surface area contributed by atoms with Crippen LogP contribution in [0.5, 0.6) is 0 Å². The molecule has 0 heterocycles. The number of carboxylic acids is 1. The van der Waals surface area contributed by atoms with E-state index in [1.807, 2.05) is 19.1 Å². The normalized spacial score (nSPS) is 14.3. The molecule has 0 saturated carbocycles. The van der Waals surface area contributed by atoms with Crippen molar-refractivity contribution in [2.24, 2.45) is 5.92 Å². The van der Waals surface area contributed by atoms with Gasteiger partial charge in [-0.05, 0) is 39.9 Å². The second kappa shape index (κ2) is 6.05. The number of benzene rings is 1. The molecule has 3 N–H and O–H groups in total. The van der Waals surface area contributed by atoms with Gasteiger partial charge in [-0.3, -0.25) is 4.79 Å². The van der Waals surface area contributed by atoms with Crippen molar-refractivity contribution in [1.29, 1.82) is 0 Å². The van der Waals surface area contributed by atoms with Crippen LogP contribution in [0.25, 0.3) is 0 Å². The fourth-order valence-corrected chi connectivity index (χ4v) is 2.51. The van der Waals surface area contributed by atoms with E-state index in [1.54, 1.807) is 6.07 Å². The molecule has 4 heteroatoms. The molecule has 0 fully saturated rings.